The van der Waals surface area contributed by atoms with Crippen LogP contribution in [0.1, 0.15) is 52.4 Å². The number of hydrogen-bond acceptors (Lipinski definition) is 5. The molecule has 11 heteroatoms. The first-order valence-electron chi connectivity index (χ1n) is 6.43. The predicted octanol–water partition coefficient (Wildman–Crippen LogP) is 3.34. The summed E-state index contributed by atoms with van der Waals surface area (Å²) in [6, 6.07) is -0.666. The first-order chi connectivity index (χ1) is 10.9. The summed E-state index contributed by atoms with van der Waals surface area (Å²) >= 11 is 0. The van der Waals surface area contributed by atoms with E-state index in [1.165, 1.54) is 13.8 Å². The summed E-state index contributed by atoms with van der Waals surface area (Å²) in [6.45, 7) is 2.84. The normalized spacial score (nSPS) is 11.8. The summed E-state index contributed by atoms with van der Waals surface area (Å²) < 4.78 is 69.8. The number of pyridine rings is 1. The van der Waals surface area contributed by atoms with E-state index in [1.807, 2.05) is 0 Å². The number of nitrogens with one attached hydrogen (secondary N) is 1. The number of methoxy groups -OCH3 is 1. The lowest BCUT2D eigenvalue weighted by atomic mass is 10.0. The fraction of sp³-hybridized carbons (Fsp3) is 0.462. The van der Waals surface area contributed by atoms with E-state index >= 15 is 0 Å². The van der Waals surface area contributed by atoms with Gasteiger partial charge in [0.1, 0.15) is 16.8 Å². The minimum atomic E-state index is -5.28. The maximum Gasteiger partial charge on any atom is 0.434 e. The molecule has 24 heavy (non-hydrogen) atoms. The number of anilines is 1. The van der Waals surface area contributed by atoms with Crippen molar-refractivity contribution in [3.63, 3.8) is 0 Å². The standard InChI is InChI=1S/C13H13F5N2O4/c1-4(2)19-7-5(11(21)22)8(10(14)15)20-9(13(16,17)18)6(7)12(23)24-3/h4,10H,1-3H3,(H,19,20)(H,21,22). The minimum absolute atomic E-state index is 0.666. The maximum absolute atomic E-state index is 13.1. The van der Waals surface area contributed by atoms with Crippen LogP contribution in [-0.4, -0.2) is 35.2 Å². The molecule has 0 saturated heterocycles. The Kier molecular flexibility index (Phi) is 5.69. The minimum Gasteiger partial charge on any atom is -0.478 e. The molecular weight excluding hydrogens is 343 g/mol. The van der Waals surface area contributed by atoms with Gasteiger partial charge in [0.15, 0.2) is 5.69 Å². The van der Waals surface area contributed by atoms with Crippen molar-refractivity contribution in [2.45, 2.75) is 32.5 Å². The van der Waals surface area contributed by atoms with E-state index in [9.17, 15) is 31.5 Å². The molecule has 2 N–H and O–H groups in total. The number of alkyl halides is 5. The van der Waals surface area contributed by atoms with E-state index in [-0.39, 0.29) is 0 Å². The molecule has 0 amide bonds. The number of nitrogens with zero attached hydrogens (tertiary/aromatic N) is 1. The number of carboxylic acids is 1. The SMILES string of the molecule is COC(=O)c1c(C(F)(F)F)nc(C(F)F)c(C(=O)O)c1NC(C)C. The molecule has 1 aromatic rings. The number of carboxylic acid groups (broad SMARTS) is 1. The van der Waals surface area contributed by atoms with E-state index in [2.05, 4.69) is 15.0 Å². The fourth-order valence-electron chi connectivity index (χ4n) is 1.92. The monoisotopic (exact) mass is 356 g/mol. The Morgan fingerprint density at radius 2 is 1.75 bits per heavy atom. The molecular formula is C13H13F5N2O4. The third-order valence-electron chi connectivity index (χ3n) is 2.74. The third kappa shape index (κ3) is 3.89. The van der Waals surface area contributed by atoms with E-state index in [0.29, 0.717) is 0 Å². The molecule has 134 valence electrons. The van der Waals surface area contributed by atoms with Crippen molar-refractivity contribution in [3.05, 3.63) is 22.5 Å². The molecule has 0 saturated carbocycles. The van der Waals surface area contributed by atoms with Gasteiger partial charge in [0.05, 0.1) is 12.8 Å². The van der Waals surface area contributed by atoms with Gasteiger partial charge < -0.3 is 15.2 Å². The summed E-state index contributed by atoms with van der Waals surface area (Å²) in [5, 5.41) is 11.4. The van der Waals surface area contributed by atoms with Crippen molar-refractivity contribution < 1.29 is 41.4 Å². The van der Waals surface area contributed by atoms with E-state index < -0.39 is 58.8 Å². The molecule has 0 radical (unpaired) electrons. The summed E-state index contributed by atoms with van der Waals surface area (Å²) in [5.74, 6) is -3.51. The number of aromatic nitrogens is 1. The van der Waals surface area contributed by atoms with Gasteiger partial charge in [0, 0.05) is 6.04 Å². The number of halogens is 5. The molecule has 0 aliphatic heterocycles. The van der Waals surface area contributed by atoms with Gasteiger partial charge in [-0.15, -0.1) is 0 Å². The van der Waals surface area contributed by atoms with Crippen molar-refractivity contribution in [3.8, 4) is 0 Å². The second-order valence-electron chi connectivity index (χ2n) is 4.86. The van der Waals surface area contributed by atoms with Crippen LogP contribution >= 0.6 is 0 Å². The van der Waals surface area contributed by atoms with Gasteiger partial charge in [-0.3, -0.25) is 0 Å². The summed E-state index contributed by atoms with van der Waals surface area (Å²) in [7, 11) is 0.767. The zero-order chi connectivity index (χ0) is 18.8. The second-order valence-corrected chi connectivity index (χ2v) is 4.86. The zero-order valence-corrected chi connectivity index (χ0v) is 12.7. The molecule has 0 aliphatic carbocycles. The summed E-state index contributed by atoms with van der Waals surface area (Å²) in [6.07, 6.45) is -8.88. The zero-order valence-electron chi connectivity index (χ0n) is 12.7. The van der Waals surface area contributed by atoms with Gasteiger partial charge in [-0.2, -0.15) is 13.2 Å². The van der Waals surface area contributed by atoms with Gasteiger partial charge in [-0.1, -0.05) is 0 Å². The van der Waals surface area contributed by atoms with Crippen LogP contribution in [0, 0.1) is 0 Å². The highest BCUT2D eigenvalue weighted by molar-refractivity contribution is 6.05. The van der Waals surface area contributed by atoms with Gasteiger partial charge in [-0.05, 0) is 13.8 Å². The van der Waals surface area contributed by atoms with Crippen LogP contribution < -0.4 is 5.32 Å². The largest absolute Gasteiger partial charge is 0.478 e. The summed E-state index contributed by atoms with van der Waals surface area (Å²) in [5.41, 5.74) is -6.93. The average Bonchev–Trinajstić information content (AvgIpc) is 2.42. The molecule has 6 nitrogen and oxygen atoms in total. The first kappa shape index (κ1) is 19.6. The lowest BCUT2D eigenvalue weighted by molar-refractivity contribution is -0.142. The molecule has 0 spiro atoms. The van der Waals surface area contributed by atoms with Crippen LogP contribution in [0.15, 0.2) is 0 Å². The highest BCUT2D eigenvalue weighted by atomic mass is 19.4. The van der Waals surface area contributed by atoms with Gasteiger partial charge in [0.25, 0.3) is 6.43 Å². The number of esters is 1. The number of aromatic carboxylic acids is 1. The van der Waals surface area contributed by atoms with Crippen LogP contribution in [-0.2, 0) is 10.9 Å². The molecule has 0 aliphatic rings. The Bertz CT molecular complexity index is 659. The Balaban J connectivity index is 4.03. The quantitative estimate of drug-likeness (QED) is 0.621. The molecule has 0 unspecified atom stereocenters. The number of rotatable bonds is 5. The van der Waals surface area contributed by atoms with Crippen LogP contribution in [0.4, 0.5) is 27.6 Å². The molecule has 1 heterocycles. The number of carbonyl (C=O) groups is 2. The Morgan fingerprint density at radius 3 is 2.08 bits per heavy atom. The van der Waals surface area contributed by atoms with E-state index in [4.69, 9.17) is 5.11 Å². The van der Waals surface area contributed by atoms with Gasteiger partial charge >= 0.3 is 18.1 Å². The first-order valence-corrected chi connectivity index (χ1v) is 6.43. The van der Waals surface area contributed by atoms with Crippen molar-refractivity contribution in [1.82, 2.24) is 4.98 Å². The fourth-order valence-corrected chi connectivity index (χ4v) is 1.92. The van der Waals surface area contributed by atoms with Gasteiger partial charge in [0.2, 0.25) is 0 Å². The lowest BCUT2D eigenvalue weighted by Gasteiger charge is -2.21. The highest BCUT2D eigenvalue weighted by Crippen LogP contribution is 2.39. The predicted molar refractivity (Wildman–Crippen MR) is 71.3 cm³/mol. The van der Waals surface area contributed by atoms with E-state index in [1.54, 1.807) is 0 Å². The molecule has 0 bridgehead atoms. The van der Waals surface area contributed by atoms with Crippen LogP contribution in [0.25, 0.3) is 0 Å². The van der Waals surface area contributed by atoms with Crippen molar-refractivity contribution in [2.75, 3.05) is 12.4 Å². The Hall–Kier alpha value is -2.46. The molecule has 1 rings (SSSR count). The average molecular weight is 356 g/mol. The second kappa shape index (κ2) is 6.97. The van der Waals surface area contributed by atoms with Crippen LogP contribution in [0.2, 0.25) is 0 Å². The van der Waals surface area contributed by atoms with Crippen LogP contribution in [0.3, 0.4) is 0 Å². The molecule has 0 atom stereocenters. The molecule has 0 aromatic carbocycles. The Morgan fingerprint density at radius 1 is 1.21 bits per heavy atom. The van der Waals surface area contributed by atoms with E-state index in [0.717, 1.165) is 7.11 Å². The Labute approximate surface area is 132 Å². The number of carbonyl (C=O) groups excluding carboxylic acids is 1. The summed E-state index contributed by atoms with van der Waals surface area (Å²) in [4.78, 5) is 25.8. The topological polar surface area (TPSA) is 88.5 Å². The smallest absolute Gasteiger partial charge is 0.434 e. The maximum atomic E-state index is 13.1. The van der Waals surface area contributed by atoms with Crippen LogP contribution in [0.5, 0.6) is 0 Å². The number of ether oxygens (including phenoxy) is 1. The third-order valence-corrected chi connectivity index (χ3v) is 2.74. The van der Waals surface area contributed by atoms with Crippen molar-refractivity contribution in [2.24, 2.45) is 0 Å². The molecule has 1 aromatic heterocycles. The number of hydrogen-bond donors (Lipinski definition) is 2. The molecule has 0 fully saturated rings. The lowest BCUT2D eigenvalue weighted by Crippen LogP contribution is -2.26. The van der Waals surface area contributed by atoms with Gasteiger partial charge in [-0.25, -0.2) is 23.4 Å². The highest BCUT2D eigenvalue weighted by Gasteiger charge is 2.43. The van der Waals surface area contributed by atoms with Crippen molar-refractivity contribution in [1.29, 1.82) is 0 Å². The van der Waals surface area contributed by atoms with Crippen molar-refractivity contribution >= 4 is 17.6 Å².